The summed E-state index contributed by atoms with van der Waals surface area (Å²) < 4.78 is 0. The molecule has 0 aromatic carbocycles. The Balaban J connectivity index is 2.53. The van der Waals surface area contributed by atoms with E-state index < -0.39 is 0 Å². The van der Waals surface area contributed by atoms with Gasteiger partial charge in [-0.25, -0.2) is 0 Å². The van der Waals surface area contributed by atoms with Gasteiger partial charge in [0.15, 0.2) is 0 Å². The molecule has 2 nitrogen and oxygen atoms in total. The first-order chi connectivity index (χ1) is 7.49. The maximum atomic E-state index is 11.9. The molecule has 1 aliphatic carbocycles. The number of aromatic amines is 1. The molecule has 0 aliphatic heterocycles. The summed E-state index contributed by atoms with van der Waals surface area (Å²) in [6, 6.07) is 2.13. The highest BCUT2D eigenvalue weighted by Crippen LogP contribution is 2.33. The molecule has 16 heavy (non-hydrogen) atoms. The molecule has 0 radical (unpaired) electrons. The average Bonchev–Trinajstić information content (AvgIpc) is 2.15. The summed E-state index contributed by atoms with van der Waals surface area (Å²) in [5.74, 6) is 1.57. The third kappa shape index (κ3) is 1.93. The largest absolute Gasteiger partial charge is 0.326 e. The van der Waals surface area contributed by atoms with Crippen LogP contribution in [0.1, 0.15) is 62.8 Å². The quantitative estimate of drug-likeness (QED) is 0.773. The topological polar surface area (TPSA) is 32.9 Å². The summed E-state index contributed by atoms with van der Waals surface area (Å²) in [6.07, 6.45) is 2.25. The number of pyridine rings is 1. The number of fused-ring (bicyclic) bond motifs is 1. The van der Waals surface area contributed by atoms with E-state index in [1.165, 1.54) is 17.7 Å². The second-order valence-electron chi connectivity index (χ2n) is 5.59. The molecule has 0 spiro atoms. The lowest BCUT2D eigenvalue weighted by Crippen LogP contribution is -2.24. The molecular weight excluding hydrogens is 198 g/mol. The first-order valence-electron chi connectivity index (χ1n) is 6.25. The van der Waals surface area contributed by atoms with E-state index in [0.29, 0.717) is 17.8 Å². The Kier molecular flexibility index (Phi) is 2.92. The zero-order valence-corrected chi connectivity index (χ0v) is 10.6. The molecule has 0 amide bonds. The number of nitrogens with one attached hydrogen (secondary N) is 1. The smallest absolute Gasteiger partial charge is 0.251 e. The van der Waals surface area contributed by atoms with Crippen LogP contribution in [0.25, 0.3) is 0 Å². The molecule has 0 fully saturated rings. The van der Waals surface area contributed by atoms with Gasteiger partial charge in [0, 0.05) is 11.3 Å². The number of aromatic nitrogens is 1. The lowest BCUT2D eigenvalue weighted by molar-refractivity contribution is 0.440. The van der Waals surface area contributed by atoms with Crippen molar-refractivity contribution in [2.75, 3.05) is 0 Å². The monoisotopic (exact) mass is 219 g/mol. The minimum Gasteiger partial charge on any atom is -0.326 e. The molecule has 2 heteroatoms. The molecule has 1 aromatic rings. The van der Waals surface area contributed by atoms with Crippen molar-refractivity contribution in [1.82, 2.24) is 4.98 Å². The van der Waals surface area contributed by atoms with Crippen LogP contribution in [0.2, 0.25) is 0 Å². The Bertz CT molecular complexity index is 445. The molecule has 2 atom stereocenters. The molecule has 0 saturated heterocycles. The number of hydrogen-bond donors (Lipinski definition) is 1. The Morgan fingerprint density at radius 3 is 2.69 bits per heavy atom. The highest BCUT2D eigenvalue weighted by Gasteiger charge is 2.23. The van der Waals surface area contributed by atoms with E-state index in [-0.39, 0.29) is 5.56 Å². The highest BCUT2D eigenvalue weighted by atomic mass is 16.1. The van der Waals surface area contributed by atoms with E-state index in [1.807, 2.05) is 0 Å². The number of hydrogen-bond acceptors (Lipinski definition) is 1. The molecule has 1 aliphatic rings. The van der Waals surface area contributed by atoms with Gasteiger partial charge >= 0.3 is 0 Å². The fourth-order valence-electron chi connectivity index (χ4n) is 2.80. The summed E-state index contributed by atoms with van der Waals surface area (Å²) in [6.45, 7) is 8.67. The molecule has 0 bridgehead atoms. The summed E-state index contributed by atoms with van der Waals surface area (Å²) in [7, 11) is 0. The zero-order valence-electron chi connectivity index (χ0n) is 10.6. The van der Waals surface area contributed by atoms with Crippen molar-refractivity contribution in [3.05, 3.63) is 33.2 Å². The van der Waals surface area contributed by atoms with Crippen LogP contribution in [0.5, 0.6) is 0 Å². The summed E-state index contributed by atoms with van der Waals surface area (Å²) in [5, 5.41) is 0. The van der Waals surface area contributed by atoms with E-state index in [2.05, 4.69) is 38.7 Å². The van der Waals surface area contributed by atoms with Gasteiger partial charge in [0.25, 0.3) is 5.56 Å². The Morgan fingerprint density at radius 2 is 2.06 bits per heavy atom. The lowest BCUT2D eigenvalue weighted by Gasteiger charge is -2.27. The minimum absolute atomic E-state index is 0.107. The molecule has 2 unspecified atom stereocenters. The minimum atomic E-state index is 0.107. The number of H-pyrrole nitrogens is 1. The van der Waals surface area contributed by atoms with Crippen LogP contribution in [0.4, 0.5) is 0 Å². The molecule has 0 saturated carbocycles. The first-order valence-corrected chi connectivity index (χ1v) is 6.25. The fourth-order valence-corrected chi connectivity index (χ4v) is 2.80. The molecule has 88 valence electrons. The van der Waals surface area contributed by atoms with Gasteiger partial charge in [-0.1, -0.05) is 27.7 Å². The standard InChI is InChI=1S/C14H21NO/c1-8(2)11-7-12-10(4)5-9(3)6-13(12)15-14(11)16/h7-10H,5-6H2,1-4H3,(H,15,16). The maximum Gasteiger partial charge on any atom is 0.251 e. The molecular formula is C14H21NO. The van der Waals surface area contributed by atoms with Gasteiger partial charge < -0.3 is 4.98 Å². The van der Waals surface area contributed by atoms with Gasteiger partial charge in [0.2, 0.25) is 0 Å². The second kappa shape index (κ2) is 4.08. The van der Waals surface area contributed by atoms with E-state index in [9.17, 15) is 4.79 Å². The van der Waals surface area contributed by atoms with Crippen LogP contribution in [-0.2, 0) is 6.42 Å². The fraction of sp³-hybridized carbons (Fsp3) is 0.643. The van der Waals surface area contributed by atoms with Crippen molar-refractivity contribution < 1.29 is 0 Å². The maximum absolute atomic E-state index is 11.9. The van der Waals surface area contributed by atoms with E-state index in [1.54, 1.807) is 0 Å². The van der Waals surface area contributed by atoms with Crippen molar-refractivity contribution in [1.29, 1.82) is 0 Å². The van der Waals surface area contributed by atoms with Crippen molar-refractivity contribution in [2.24, 2.45) is 5.92 Å². The lowest BCUT2D eigenvalue weighted by atomic mass is 9.80. The van der Waals surface area contributed by atoms with Crippen LogP contribution in [0.15, 0.2) is 10.9 Å². The number of rotatable bonds is 1. The predicted octanol–water partition coefficient (Wildman–Crippen LogP) is 3.18. The van der Waals surface area contributed by atoms with Crippen molar-refractivity contribution in [3.63, 3.8) is 0 Å². The van der Waals surface area contributed by atoms with Gasteiger partial charge in [-0.3, -0.25) is 4.79 Å². The van der Waals surface area contributed by atoms with Crippen LogP contribution in [0.3, 0.4) is 0 Å². The Hall–Kier alpha value is -1.05. The molecule has 1 aromatic heterocycles. The zero-order chi connectivity index (χ0) is 11.9. The van der Waals surface area contributed by atoms with Gasteiger partial charge in [-0.15, -0.1) is 0 Å². The van der Waals surface area contributed by atoms with Crippen molar-refractivity contribution in [2.45, 2.75) is 52.4 Å². The normalized spacial score (nSPS) is 24.6. The van der Waals surface area contributed by atoms with E-state index in [4.69, 9.17) is 0 Å². The highest BCUT2D eigenvalue weighted by molar-refractivity contribution is 5.32. The predicted molar refractivity (Wildman–Crippen MR) is 67.1 cm³/mol. The third-order valence-electron chi connectivity index (χ3n) is 3.65. The first kappa shape index (κ1) is 11.4. The van der Waals surface area contributed by atoms with Gasteiger partial charge in [0.1, 0.15) is 0 Å². The summed E-state index contributed by atoms with van der Waals surface area (Å²) in [4.78, 5) is 15.0. The Morgan fingerprint density at radius 1 is 1.38 bits per heavy atom. The van der Waals surface area contributed by atoms with Gasteiger partial charge in [-0.2, -0.15) is 0 Å². The van der Waals surface area contributed by atoms with Crippen molar-refractivity contribution >= 4 is 0 Å². The van der Waals surface area contributed by atoms with Crippen LogP contribution in [0, 0.1) is 5.92 Å². The van der Waals surface area contributed by atoms with E-state index >= 15 is 0 Å². The second-order valence-corrected chi connectivity index (χ2v) is 5.59. The van der Waals surface area contributed by atoms with Gasteiger partial charge in [-0.05, 0) is 42.2 Å². The average molecular weight is 219 g/mol. The molecule has 1 heterocycles. The third-order valence-corrected chi connectivity index (χ3v) is 3.65. The molecule has 1 N–H and O–H groups in total. The Labute approximate surface area is 97.1 Å². The summed E-state index contributed by atoms with van der Waals surface area (Å²) >= 11 is 0. The van der Waals surface area contributed by atoms with Gasteiger partial charge in [0.05, 0.1) is 0 Å². The van der Waals surface area contributed by atoms with Crippen LogP contribution < -0.4 is 5.56 Å². The van der Waals surface area contributed by atoms with E-state index in [0.717, 1.165) is 12.0 Å². The summed E-state index contributed by atoms with van der Waals surface area (Å²) in [5.41, 5.74) is 3.57. The van der Waals surface area contributed by atoms with Crippen molar-refractivity contribution in [3.8, 4) is 0 Å². The molecule has 2 rings (SSSR count). The SMILES string of the molecule is CC1Cc2[nH]c(=O)c(C(C)C)cc2C(C)C1. The van der Waals surface area contributed by atoms with Crippen LogP contribution >= 0.6 is 0 Å². The van der Waals surface area contributed by atoms with Crippen LogP contribution in [-0.4, -0.2) is 4.98 Å².